The van der Waals surface area contributed by atoms with E-state index < -0.39 is 34.4 Å². The third kappa shape index (κ3) is 5.06. The summed E-state index contributed by atoms with van der Waals surface area (Å²) >= 11 is 0. The van der Waals surface area contributed by atoms with Gasteiger partial charge in [0, 0.05) is 12.6 Å². The van der Waals surface area contributed by atoms with Crippen LogP contribution in [0.15, 0.2) is 53.4 Å². The fourth-order valence-electron chi connectivity index (χ4n) is 3.62. The molecule has 34 heavy (non-hydrogen) atoms. The van der Waals surface area contributed by atoms with Crippen molar-refractivity contribution in [3.05, 3.63) is 59.7 Å². The number of hydrogen-bond acceptors (Lipinski definition) is 6. The van der Waals surface area contributed by atoms with Crippen molar-refractivity contribution in [1.29, 1.82) is 0 Å². The summed E-state index contributed by atoms with van der Waals surface area (Å²) in [6.45, 7) is 4.67. The number of rotatable bonds is 9. The lowest BCUT2D eigenvalue weighted by Crippen LogP contribution is -2.52. The van der Waals surface area contributed by atoms with Gasteiger partial charge in [-0.3, -0.25) is 14.4 Å². The summed E-state index contributed by atoms with van der Waals surface area (Å²) in [7, 11) is -2.64. The van der Waals surface area contributed by atoms with Gasteiger partial charge in [-0.15, -0.1) is 0 Å². The van der Waals surface area contributed by atoms with Gasteiger partial charge < -0.3 is 15.0 Å². The Morgan fingerprint density at radius 1 is 1.12 bits per heavy atom. The van der Waals surface area contributed by atoms with E-state index in [2.05, 4.69) is 5.32 Å². The van der Waals surface area contributed by atoms with Crippen LogP contribution in [-0.4, -0.2) is 61.1 Å². The Morgan fingerprint density at radius 2 is 1.82 bits per heavy atom. The highest BCUT2D eigenvalue weighted by atomic mass is 32.2. The molecule has 0 bridgehead atoms. The highest BCUT2D eigenvalue weighted by Gasteiger charge is 2.43. The molecule has 0 saturated heterocycles. The zero-order chi connectivity index (χ0) is 25.0. The van der Waals surface area contributed by atoms with Crippen LogP contribution in [0.25, 0.3) is 0 Å². The van der Waals surface area contributed by atoms with Crippen LogP contribution in [0.5, 0.6) is 5.75 Å². The van der Waals surface area contributed by atoms with Gasteiger partial charge in [0.25, 0.3) is 15.9 Å². The van der Waals surface area contributed by atoms with E-state index in [0.29, 0.717) is 22.0 Å². The SMILES string of the molecule is CC[C@@H](C)NC(=O)[C@H](C)N(Cc1cccc(OC)c1)C(=O)CN1C(=O)c2ccccc2S1(=O)=O. The molecule has 0 aliphatic carbocycles. The number of nitrogens with zero attached hydrogens (tertiary/aromatic N) is 2. The van der Waals surface area contributed by atoms with Crippen LogP contribution in [-0.2, 0) is 26.2 Å². The largest absolute Gasteiger partial charge is 0.497 e. The minimum Gasteiger partial charge on any atom is -0.497 e. The molecule has 1 aliphatic rings. The van der Waals surface area contributed by atoms with E-state index in [-0.39, 0.29) is 29.0 Å². The van der Waals surface area contributed by atoms with E-state index in [1.807, 2.05) is 13.8 Å². The van der Waals surface area contributed by atoms with E-state index in [1.54, 1.807) is 37.3 Å². The van der Waals surface area contributed by atoms with E-state index in [4.69, 9.17) is 4.74 Å². The first kappa shape index (κ1) is 25.2. The van der Waals surface area contributed by atoms with Crippen LogP contribution >= 0.6 is 0 Å². The molecule has 182 valence electrons. The van der Waals surface area contributed by atoms with Gasteiger partial charge in [-0.2, -0.15) is 0 Å². The number of methoxy groups -OCH3 is 1. The van der Waals surface area contributed by atoms with Crippen molar-refractivity contribution in [3.8, 4) is 5.75 Å². The van der Waals surface area contributed by atoms with Gasteiger partial charge in [0.2, 0.25) is 11.8 Å². The maximum atomic E-state index is 13.4. The Hall–Kier alpha value is -3.40. The van der Waals surface area contributed by atoms with E-state index in [9.17, 15) is 22.8 Å². The lowest BCUT2D eigenvalue weighted by molar-refractivity contribution is -0.140. The number of benzene rings is 2. The minimum absolute atomic E-state index is 0.0252. The van der Waals surface area contributed by atoms with Crippen LogP contribution < -0.4 is 10.1 Å². The normalized spacial score (nSPS) is 15.9. The van der Waals surface area contributed by atoms with Gasteiger partial charge in [0.05, 0.1) is 12.7 Å². The molecule has 9 nitrogen and oxygen atoms in total. The molecule has 2 aromatic carbocycles. The number of nitrogens with one attached hydrogen (secondary N) is 1. The van der Waals surface area contributed by atoms with Gasteiger partial charge in [-0.1, -0.05) is 31.2 Å². The van der Waals surface area contributed by atoms with E-state index >= 15 is 0 Å². The van der Waals surface area contributed by atoms with Crippen LogP contribution in [0.1, 0.15) is 43.1 Å². The van der Waals surface area contributed by atoms with Crippen LogP contribution in [0.2, 0.25) is 0 Å². The highest BCUT2D eigenvalue weighted by Crippen LogP contribution is 2.30. The molecule has 0 radical (unpaired) electrons. The maximum Gasteiger partial charge on any atom is 0.269 e. The molecule has 2 atom stereocenters. The summed E-state index contributed by atoms with van der Waals surface area (Å²) in [6.07, 6.45) is 0.709. The molecule has 3 rings (SSSR count). The zero-order valence-electron chi connectivity index (χ0n) is 19.6. The number of sulfonamides is 1. The topological polar surface area (TPSA) is 113 Å². The monoisotopic (exact) mass is 487 g/mol. The molecule has 0 fully saturated rings. The van der Waals surface area contributed by atoms with Crippen molar-refractivity contribution in [2.75, 3.05) is 13.7 Å². The Kier molecular flexibility index (Phi) is 7.61. The number of amides is 3. The molecule has 2 aromatic rings. The van der Waals surface area contributed by atoms with E-state index in [0.717, 1.165) is 0 Å². The Bertz CT molecular complexity index is 1200. The predicted octanol–water partition coefficient (Wildman–Crippen LogP) is 2.17. The summed E-state index contributed by atoms with van der Waals surface area (Å²) in [4.78, 5) is 40.2. The average molecular weight is 488 g/mol. The highest BCUT2D eigenvalue weighted by molar-refractivity contribution is 7.90. The first-order valence-electron chi connectivity index (χ1n) is 11.0. The lowest BCUT2D eigenvalue weighted by atomic mass is 10.1. The molecule has 0 aromatic heterocycles. The molecule has 1 heterocycles. The number of carbonyl (C=O) groups is 3. The second-order valence-electron chi connectivity index (χ2n) is 8.18. The number of carbonyl (C=O) groups excluding carboxylic acids is 3. The molecule has 0 saturated carbocycles. The number of fused-ring (bicyclic) bond motifs is 1. The second kappa shape index (κ2) is 10.3. The van der Waals surface area contributed by atoms with Gasteiger partial charge in [-0.05, 0) is 50.1 Å². The fraction of sp³-hybridized carbons (Fsp3) is 0.375. The fourth-order valence-corrected chi connectivity index (χ4v) is 5.13. The predicted molar refractivity (Wildman–Crippen MR) is 126 cm³/mol. The number of hydrogen-bond donors (Lipinski definition) is 1. The molecule has 3 amide bonds. The molecular weight excluding hydrogens is 458 g/mol. The summed E-state index contributed by atoms with van der Waals surface area (Å²) in [5.41, 5.74) is 0.715. The first-order chi connectivity index (χ1) is 16.1. The maximum absolute atomic E-state index is 13.4. The van der Waals surface area contributed by atoms with Gasteiger partial charge in [0.1, 0.15) is 23.2 Å². The average Bonchev–Trinajstić information content (AvgIpc) is 3.02. The van der Waals surface area contributed by atoms with Crippen molar-refractivity contribution >= 4 is 27.7 Å². The van der Waals surface area contributed by atoms with Crippen molar-refractivity contribution in [1.82, 2.24) is 14.5 Å². The van der Waals surface area contributed by atoms with E-state index in [1.165, 1.54) is 30.2 Å². The second-order valence-corrected chi connectivity index (χ2v) is 10.0. The minimum atomic E-state index is -4.16. The van der Waals surface area contributed by atoms with Crippen molar-refractivity contribution in [3.63, 3.8) is 0 Å². The van der Waals surface area contributed by atoms with Crippen LogP contribution in [0.4, 0.5) is 0 Å². The molecule has 10 heteroatoms. The lowest BCUT2D eigenvalue weighted by Gasteiger charge is -2.31. The summed E-state index contributed by atoms with van der Waals surface area (Å²) in [5.74, 6) is -1.22. The third-order valence-corrected chi connectivity index (χ3v) is 7.63. The summed E-state index contributed by atoms with van der Waals surface area (Å²) < 4.78 is 31.7. The van der Waals surface area contributed by atoms with Crippen molar-refractivity contribution in [2.45, 2.75) is 50.7 Å². The Labute approximate surface area is 199 Å². The van der Waals surface area contributed by atoms with Crippen molar-refractivity contribution in [2.24, 2.45) is 0 Å². The van der Waals surface area contributed by atoms with Gasteiger partial charge >= 0.3 is 0 Å². The molecule has 0 unspecified atom stereocenters. The third-order valence-electron chi connectivity index (χ3n) is 5.85. The standard InChI is InChI=1S/C24H29N3O6S/c1-5-16(2)25-23(29)17(3)26(14-18-9-8-10-19(13-18)33-4)22(28)15-27-24(30)20-11-6-7-12-21(20)34(27,31)32/h6-13,16-17H,5,14-15H2,1-4H3,(H,25,29)/t16-,17+/m1/s1. The summed E-state index contributed by atoms with van der Waals surface area (Å²) in [6, 6.07) is 11.8. The number of ether oxygens (including phenoxy) is 1. The Balaban J connectivity index is 1.90. The molecular formula is C24H29N3O6S. The van der Waals surface area contributed by atoms with Crippen LogP contribution in [0, 0.1) is 0 Å². The smallest absolute Gasteiger partial charge is 0.269 e. The molecule has 1 aliphatic heterocycles. The Morgan fingerprint density at radius 3 is 2.47 bits per heavy atom. The molecule has 0 spiro atoms. The van der Waals surface area contributed by atoms with Crippen molar-refractivity contribution < 1.29 is 27.5 Å². The zero-order valence-corrected chi connectivity index (χ0v) is 20.5. The summed E-state index contributed by atoms with van der Waals surface area (Å²) in [5, 5.41) is 2.85. The molecule has 1 N–H and O–H groups in total. The van der Waals surface area contributed by atoms with Crippen LogP contribution in [0.3, 0.4) is 0 Å². The first-order valence-corrected chi connectivity index (χ1v) is 12.4. The quantitative estimate of drug-likeness (QED) is 0.580. The van der Waals surface area contributed by atoms with Gasteiger partial charge in [-0.25, -0.2) is 12.7 Å². The van der Waals surface area contributed by atoms with Gasteiger partial charge in [0.15, 0.2) is 0 Å².